The van der Waals surface area contributed by atoms with Gasteiger partial charge in [0.1, 0.15) is 17.8 Å². The number of nitrogens with zero attached hydrogens (tertiary/aromatic N) is 4. The molecule has 0 radical (unpaired) electrons. The number of hydrogen-bond acceptors (Lipinski definition) is 5. The predicted molar refractivity (Wildman–Crippen MR) is 100.0 cm³/mol. The van der Waals surface area contributed by atoms with Crippen LogP contribution in [0.2, 0.25) is 0 Å². The minimum Gasteiger partial charge on any atom is -0.322 e. The second-order valence-corrected chi connectivity index (χ2v) is 6.25. The molecular weight excluding hydrogens is 386 g/mol. The number of fused-ring (bicyclic) bond motifs is 1. The van der Waals surface area contributed by atoms with Gasteiger partial charge in [-0.05, 0) is 30.7 Å². The standard InChI is InChI=1S/C20H13F4N5/c1-11-14(6-4-12-3-2-8-25-17(11)12)18-16(21)19(28-10-27-18)29-15-7-5-13(9-26-15)20(22,23)24/h2-10H,1H3,(H,26,27,28,29). The molecular formula is C20H13F4N5. The van der Waals surface area contributed by atoms with Crippen LogP contribution >= 0.6 is 0 Å². The smallest absolute Gasteiger partial charge is 0.322 e. The van der Waals surface area contributed by atoms with Gasteiger partial charge in [0.25, 0.3) is 0 Å². The first-order valence-corrected chi connectivity index (χ1v) is 8.50. The zero-order chi connectivity index (χ0) is 20.6. The van der Waals surface area contributed by atoms with E-state index in [0.717, 1.165) is 28.6 Å². The number of alkyl halides is 3. The third-order valence-corrected chi connectivity index (χ3v) is 4.41. The summed E-state index contributed by atoms with van der Waals surface area (Å²) in [5.74, 6) is -0.909. The number of nitrogens with one attached hydrogen (secondary N) is 1. The molecule has 3 heterocycles. The maximum atomic E-state index is 15.1. The van der Waals surface area contributed by atoms with Gasteiger partial charge in [0.15, 0.2) is 11.6 Å². The van der Waals surface area contributed by atoms with E-state index < -0.39 is 17.6 Å². The third kappa shape index (κ3) is 3.58. The van der Waals surface area contributed by atoms with Crippen LogP contribution in [-0.2, 0) is 6.18 Å². The Kier molecular flexibility index (Phi) is 4.57. The highest BCUT2D eigenvalue weighted by molar-refractivity contribution is 5.88. The fourth-order valence-corrected chi connectivity index (χ4v) is 2.95. The molecule has 0 saturated heterocycles. The van der Waals surface area contributed by atoms with E-state index in [-0.39, 0.29) is 17.3 Å². The number of benzene rings is 1. The summed E-state index contributed by atoms with van der Waals surface area (Å²) in [6, 6.07) is 9.23. The topological polar surface area (TPSA) is 63.6 Å². The maximum Gasteiger partial charge on any atom is 0.417 e. The summed E-state index contributed by atoms with van der Waals surface area (Å²) in [6.45, 7) is 1.82. The van der Waals surface area contributed by atoms with Crippen molar-refractivity contribution in [2.75, 3.05) is 5.32 Å². The summed E-state index contributed by atoms with van der Waals surface area (Å²) in [6.07, 6.45) is -1.01. The van der Waals surface area contributed by atoms with Crippen molar-refractivity contribution in [2.24, 2.45) is 0 Å². The van der Waals surface area contributed by atoms with Crippen LogP contribution in [0.5, 0.6) is 0 Å². The monoisotopic (exact) mass is 399 g/mol. The Morgan fingerprint density at radius 1 is 0.931 bits per heavy atom. The lowest BCUT2D eigenvalue weighted by molar-refractivity contribution is -0.137. The van der Waals surface area contributed by atoms with E-state index in [1.54, 1.807) is 12.3 Å². The Morgan fingerprint density at radius 3 is 2.48 bits per heavy atom. The Balaban J connectivity index is 1.71. The maximum absolute atomic E-state index is 15.1. The highest BCUT2D eigenvalue weighted by Gasteiger charge is 2.30. The number of anilines is 2. The van der Waals surface area contributed by atoms with Crippen LogP contribution in [0.25, 0.3) is 22.2 Å². The number of pyridine rings is 2. The summed E-state index contributed by atoms with van der Waals surface area (Å²) in [7, 11) is 0. The Hall–Kier alpha value is -3.62. The number of halogens is 4. The quantitative estimate of drug-likeness (QED) is 0.474. The molecule has 146 valence electrons. The molecule has 0 fully saturated rings. The van der Waals surface area contributed by atoms with Crippen molar-refractivity contribution in [1.29, 1.82) is 0 Å². The number of aromatic nitrogens is 4. The van der Waals surface area contributed by atoms with Gasteiger partial charge in [0.05, 0.1) is 11.1 Å². The van der Waals surface area contributed by atoms with Crippen LogP contribution in [0, 0.1) is 12.7 Å². The zero-order valence-corrected chi connectivity index (χ0v) is 15.0. The van der Waals surface area contributed by atoms with Crippen molar-refractivity contribution in [3.8, 4) is 11.3 Å². The van der Waals surface area contributed by atoms with Gasteiger partial charge in [-0.1, -0.05) is 18.2 Å². The van der Waals surface area contributed by atoms with Gasteiger partial charge in [0.2, 0.25) is 0 Å². The van der Waals surface area contributed by atoms with Gasteiger partial charge in [-0.25, -0.2) is 19.3 Å². The van der Waals surface area contributed by atoms with Crippen LogP contribution < -0.4 is 5.32 Å². The molecule has 3 aromatic heterocycles. The summed E-state index contributed by atoms with van der Waals surface area (Å²) < 4.78 is 53.0. The number of aryl methyl sites for hydroxylation is 1. The molecule has 0 aliphatic heterocycles. The number of rotatable bonds is 3. The highest BCUT2D eigenvalue weighted by Crippen LogP contribution is 2.32. The van der Waals surface area contributed by atoms with E-state index in [2.05, 4.69) is 25.3 Å². The molecule has 4 rings (SSSR count). The lowest BCUT2D eigenvalue weighted by Gasteiger charge is -2.12. The Labute approximate surface area is 162 Å². The highest BCUT2D eigenvalue weighted by atomic mass is 19.4. The summed E-state index contributed by atoms with van der Waals surface area (Å²) in [5, 5.41) is 3.51. The lowest BCUT2D eigenvalue weighted by atomic mass is 10.0. The normalized spacial score (nSPS) is 11.6. The van der Waals surface area contributed by atoms with E-state index in [4.69, 9.17) is 0 Å². The fourth-order valence-electron chi connectivity index (χ4n) is 2.95. The Morgan fingerprint density at radius 2 is 1.76 bits per heavy atom. The molecule has 0 spiro atoms. The van der Waals surface area contributed by atoms with E-state index in [0.29, 0.717) is 11.8 Å². The van der Waals surface area contributed by atoms with Crippen molar-refractivity contribution in [3.05, 3.63) is 72.1 Å². The minimum absolute atomic E-state index is 0.0263. The van der Waals surface area contributed by atoms with Crippen molar-refractivity contribution in [1.82, 2.24) is 19.9 Å². The molecule has 0 atom stereocenters. The van der Waals surface area contributed by atoms with E-state index in [1.807, 2.05) is 25.1 Å². The van der Waals surface area contributed by atoms with Crippen molar-refractivity contribution >= 4 is 22.5 Å². The van der Waals surface area contributed by atoms with Crippen LogP contribution in [0.4, 0.5) is 29.2 Å². The average Bonchev–Trinajstić information content (AvgIpc) is 2.70. The lowest BCUT2D eigenvalue weighted by Crippen LogP contribution is -2.07. The largest absolute Gasteiger partial charge is 0.417 e. The van der Waals surface area contributed by atoms with E-state index >= 15 is 4.39 Å². The molecule has 0 unspecified atom stereocenters. The fraction of sp³-hybridized carbons (Fsp3) is 0.100. The summed E-state index contributed by atoms with van der Waals surface area (Å²) in [5.41, 5.74) is 1.17. The van der Waals surface area contributed by atoms with E-state index in [9.17, 15) is 13.2 Å². The van der Waals surface area contributed by atoms with Crippen molar-refractivity contribution < 1.29 is 17.6 Å². The molecule has 1 aromatic carbocycles. The molecule has 0 aliphatic carbocycles. The van der Waals surface area contributed by atoms with Gasteiger partial charge in [-0.3, -0.25) is 4.98 Å². The predicted octanol–water partition coefficient (Wildman–Crippen LogP) is 5.30. The third-order valence-electron chi connectivity index (χ3n) is 4.41. The first kappa shape index (κ1) is 18.7. The summed E-state index contributed by atoms with van der Waals surface area (Å²) in [4.78, 5) is 15.9. The summed E-state index contributed by atoms with van der Waals surface area (Å²) >= 11 is 0. The van der Waals surface area contributed by atoms with Gasteiger partial charge >= 0.3 is 6.18 Å². The van der Waals surface area contributed by atoms with Crippen LogP contribution in [0.15, 0.2) is 55.1 Å². The van der Waals surface area contributed by atoms with Gasteiger partial charge in [-0.2, -0.15) is 13.2 Å². The Bertz CT molecular complexity index is 1190. The second-order valence-electron chi connectivity index (χ2n) is 6.25. The molecule has 4 aromatic rings. The molecule has 0 saturated carbocycles. The van der Waals surface area contributed by atoms with Crippen molar-refractivity contribution in [3.63, 3.8) is 0 Å². The average molecular weight is 399 g/mol. The molecule has 5 nitrogen and oxygen atoms in total. The molecule has 1 N–H and O–H groups in total. The molecule has 9 heteroatoms. The van der Waals surface area contributed by atoms with Crippen LogP contribution in [-0.4, -0.2) is 19.9 Å². The van der Waals surface area contributed by atoms with Crippen molar-refractivity contribution in [2.45, 2.75) is 13.1 Å². The van der Waals surface area contributed by atoms with Crippen LogP contribution in [0.3, 0.4) is 0 Å². The van der Waals surface area contributed by atoms with Gasteiger partial charge in [0, 0.05) is 23.3 Å². The molecule has 0 bridgehead atoms. The van der Waals surface area contributed by atoms with Gasteiger partial charge < -0.3 is 5.32 Å². The minimum atomic E-state index is -4.50. The first-order valence-electron chi connectivity index (χ1n) is 8.50. The molecule has 29 heavy (non-hydrogen) atoms. The first-order chi connectivity index (χ1) is 13.8. The molecule has 0 amide bonds. The number of hydrogen-bond donors (Lipinski definition) is 1. The van der Waals surface area contributed by atoms with E-state index in [1.165, 1.54) is 6.33 Å². The van der Waals surface area contributed by atoms with Gasteiger partial charge in [-0.15, -0.1) is 0 Å². The molecule has 0 aliphatic rings. The zero-order valence-electron chi connectivity index (χ0n) is 15.0. The SMILES string of the molecule is Cc1c(-c2ncnc(Nc3ccc(C(F)(F)F)cn3)c2F)ccc2cccnc12. The second kappa shape index (κ2) is 7.08. The van der Waals surface area contributed by atoms with Crippen LogP contribution in [0.1, 0.15) is 11.1 Å².